The first-order valence-corrected chi connectivity index (χ1v) is 9.82. The molecule has 8 heteroatoms. The summed E-state index contributed by atoms with van der Waals surface area (Å²) in [7, 11) is 0. The van der Waals surface area contributed by atoms with Crippen LogP contribution in [0, 0.1) is 11.6 Å². The number of nitrogens with zero attached hydrogens (tertiary/aromatic N) is 2. The molecular weight excluding hydrogens is 396 g/mol. The van der Waals surface area contributed by atoms with Crippen molar-refractivity contribution in [1.82, 2.24) is 9.88 Å². The Kier molecular flexibility index (Phi) is 5.10. The van der Waals surface area contributed by atoms with Crippen molar-refractivity contribution in [2.45, 2.75) is 19.9 Å². The van der Waals surface area contributed by atoms with Crippen molar-refractivity contribution in [3.8, 4) is 10.6 Å². The molecule has 0 saturated carbocycles. The molecule has 2 amide bonds. The monoisotopic (exact) mass is 413 g/mol. The lowest BCUT2D eigenvalue weighted by Gasteiger charge is -2.26. The number of aromatic nitrogens is 1. The fourth-order valence-corrected chi connectivity index (χ4v) is 4.36. The molecule has 29 heavy (non-hydrogen) atoms. The van der Waals surface area contributed by atoms with Crippen molar-refractivity contribution in [3.05, 3.63) is 70.2 Å². The van der Waals surface area contributed by atoms with Gasteiger partial charge in [0.1, 0.15) is 16.6 Å². The lowest BCUT2D eigenvalue weighted by Crippen LogP contribution is -2.35. The lowest BCUT2D eigenvalue weighted by atomic mass is 10.1. The van der Waals surface area contributed by atoms with Crippen LogP contribution in [0.1, 0.15) is 27.9 Å². The van der Waals surface area contributed by atoms with E-state index in [1.165, 1.54) is 30.4 Å². The fraction of sp³-hybridized carbons (Fsp3) is 0.190. The van der Waals surface area contributed by atoms with E-state index in [0.29, 0.717) is 41.3 Å². The molecule has 0 spiro atoms. The number of fused-ring (bicyclic) bond motifs is 1. The lowest BCUT2D eigenvalue weighted by molar-refractivity contribution is -0.114. The van der Waals surface area contributed by atoms with Crippen LogP contribution >= 0.6 is 11.3 Å². The number of hydrogen-bond donors (Lipinski definition) is 1. The summed E-state index contributed by atoms with van der Waals surface area (Å²) in [6.45, 7) is 2.34. The molecule has 1 N–H and O–H groups in total. The van der Waals surface area contributed by atoms with Gasteiger partial charge in [-0.25, -0.2) is 13.8 Å². The Labute approximate surface area is 170 Å². The molecule has 2 aromatic carbocycles. The van der Waals surface area contributed by atoms with Crippen LogP contribution in [-0.4, -0.2) is 28.2 Å². The topological polar surface area (TPSA) is 62.3 Å². The number of halogens is 2. The zero-order valence-electron chi connectivity index (χ0n) is 15.5. The molecule has 0 radical (unpaired) electrons. The number of rotatable bonds is 3. The van der Waals surface area contributed by atoms with Gasteiger partial charge in [-0.1, -0.05) is 0 Å². The number of carbonyl (C=O) groups is 2. The highest BCUT2D eigenvalue weighted by Crippen LogP contribution is 2.33. The van der Waals surface area contributed by atoms with Gasteiger partial charge in [0, 0.05) is 47.6 Å². The highest BCUT2D eigenvalue weighted by Gasteiger charge is 2.25. The zero-order chi connectivity index (χ0) is 20.5. The number of benzene rings is 2. The minimum Gasteiger partial charge on any atom is -0.333 e. The molecule has 148 valence electrons. The smallest absolute Gasteiger partial charge is 0.254 e. The van der Waals surface area contributed by atoms with E-state index in [-0.39, 0.29) is 11.8 Å². The van der Waals surface area contributed by atoms with Crippen LogP contribution in [-0.2, 0) is 17.8 Å². The second-order valence-electron chi connectivity index (χ2n) is 6.78. The van der Waals surface area contributed by atoms with Crippen molar-refractivity contribution < 1.29 is 18.4 Å². The summed E-state index contributed by atoms with van der Waals surface area (Å²) in [6.07, 6.45) is 0.583. The number of nitrogens with one attached hydrogen (secondary N) is 1. The maximum Gasteiger partial charge on any atom is 0.254 e. The summed E-state index contributed by atoms with van der Waals surface area (Å²) in [5.74, 6) is -1.58. The van der Waals surface area contributed by atoms with E-state index in [9.17, 15) is 18.4 Å². The molecule has 0 fully saturated rings. The van der Waals surface area contributed by atoms with Gasteiger partial charge in [0.25, 0.3) is 5.91 Å². The van der Waals surface area contributed by atoms with E-state index < -0.39 is 11.6 Å². The second kappa shape index (κ2) is 7.71. The third-order valence-corrected chi connectivity index (χ3v) is 5.71. The van der Waals surface area contributed by atoms with Gasteiger partial charge in [0.2, 0.25) is 5.91 Å². The van der Waals surface area contributed by atoms with E-state index in [1.54, 1.807) is 29.2 Å². The summed E-state index contributed by atoms with van der Waals surface area (Å²) < 4.78 is 27.0. The summed E-state index contributed by atoms with van der Waals surface area (Å²) in [4.78, 5) is 31.1. The van der Waals surface area contributed by atoms with E-state index in [2.05, 4.69) is 10.3 Å². The number of anilines is 1. The Morgan fingerprint density at radius 2 is 1.79 bits per heavy atom. The molecule has 1 aliphatic heterocycles. The number of thiazole rings is 1. The molecule has 0 unspecified atom stereocenters. The first kappa shape index (κ1) is 19.2. The fourth-order valence-electron chi connectivity index (χ4n) is 3.25. The van der Waals surface area contributed by atoms with Crippen LogP contribution in [0.2, 0.25) is 0 Å². The van der Waals surface area contributed by atoms with Crippen molar-refractivity contribution in [2.24, 2.45) is 0 Å². The van der Waals surface area contributed by atoms with Gasteiger partial charge < -0.3 is 10.2 Å². The second-order valence-corrected chi connectivity index (χ2v) is 7.87. The molecule has 2 heterocycles. The molecule has 3 aromatic rings. The van der Waals surface area contributed by atoms with E-state index in [1.807, 2.05) is 0 Å². The SMILES string of the molecule is CC(=O)Nc1ccc(C(=O)N2CCc3nc(-c4cc(F)cc(F)c4)sc3C2)cc1. The molecule has 1 aliphatic rings. The molecular formula is C21H17F2N3O2S. The number of hydrogen-bond acceptors (Lipinski definition) is 4. The summed E-state index contributed by atoms with van der Waals surface area (Å²) in [5.41, 5.74) is 2.41. The first-order chi connectivity index (χ1) is 13.9. The summed E-state index contributed by atoms with van der Waals surface area (Å²) in [6, 6.07) is 10.1. The van der Waals surface area contributed by atoms with Crippen LogP contribution in [0.25, 0.3) is 10.6 Å². The first-order valence-electron chi connectivity index (χ1n) is 9.01. The minimum absolute atomic E-state index is 0.114. The van der Waals surface area contributed by atoms with Gasteiger partial charge in [-0.05, 0) is 36.4 Å². The molecule has 0 bridgehead atoms. The van der Waals surface area contributed by atoms with Crippen molar-refractivity contribution in [2.75, 3.05) is 11.9 Å². The van der Waals surface area contributed by atoms with Crippen LogP contribution in [0.5, 0.6) is 0 Å². The molecule has 4 rings (SSSR count). The van der Waals surface area contributed by atoms with Crippen LogP contribution in [0.4, 0.5) is 14.5 Å². The van der Waals surface area contributed by atoms with Crippen LogP contribution in [0.3, 0.4) is 0 Å². The van der Waals surface area contributed by atoms with Crippen LogP contribution < -0.4 is 5.32 Å². The maximum absolute atomic E-state index is 13.5. The zero-order valence-corrected chi connectivity index (χ0v) is 16.4. The van der Waals surface area contributed by atoms with Gasteiger partial charge in [0.05, 0.1) is 12.2 Å². The molecule has 0 atom stereocenters. The van der Waals surface area contributed by atoms with Gasteiger partial charge >= 0.3 is 0 Å². The molecule has 5 nitrogen and oxygen atoms in total. The van der Waals surface area contributed by atoms with E-state index in [0.717, 1.165) is 16.6 Å². The minimum atomic E-state index is -0.646. The summed E-state index contributed by atoms with van der Waals surface area (Å²) in [5, 5.41) is 3.21. The Bertz CT molecular complexity index is 1080. The third kappa shape index (κ3) is 4.17. The quantitative estimate of drug-likeness (QED) is 0.699. The van der Waals surface area contributed by atoms with Gasteiger partial charge in [-0.15, -0.1) is 11.3 Å². The van der Waals surface area contributed by atoms with Crippen molar-refractivity contribution >= 4 is 28.8 Å². The van der Waals surface area contributed by atoms with Crippen molar-refractivity contribution in [1.29, 1.82) is 0 Å². The molecule has 0 saturated heterocycles. The molecule has 0 aliphatic carbocycles. The highest BCUT2D eigenvalue weighted by molar-refractivity contribution is 7.15. The van der Waals surface area contributed by atoms with E-state index in [4.69, 9.17) is 0 Å². The summed E-state index contributed by atoms with van der Waals surface area (Å²) >= 11 is 1.35. The van der Waals surface area contributed by atoms with Crippen LogP contribution in [0.15, 0.2) is 42.5 Å². The largest absolute Gasteiger partial charge is 0.333 e. The third-order valence-electron chi connectivity index (χ3n) is 4.58. The Morgan fingerprint density at radius 1 is 1.10 bits per heavy atom. The maximum atomic E-state index is 13.5. The normalized spacial score (nSPS) is 13.1. The number of carbonyl (C=O) groups excluding carboxylic acids is 2. The standard InChI is InChI=1S/C21H17F2N3O2S/c1-12(27)24-17-4-2-13(3-5-17)21(28)26-7-6-18-19(11-26)29-20(25-18)14-8-15(22)10-16(23)9-14/h2-5,8-10H,6-7,11H2,1H3,(H,24,27). The number of amides is 2. The Balaban J connectivity index is 1.52. The Hall–Kier alpha value is -3.13. The highest BCUT2D eigenvalue weighted by atomic mass is 32.1. The van der Waals surface area contributed by atoms with Gasteiger partial charge in [0.15, 0.2) is 0 Å². The molecule has 1 aromatic heterocycles. The Morgan fingerprint density at radius 3 is 2.45 bits per heavy atom. The average molecular weight is 413 g/mol. The van der Waals surface area contributed by atoms with E-state index >= 15 is 0 Å². The van der Waals surface area contributed by atoms with Crippen molar-refractivity contribution in [3.63, 3.8) is 0 Å². The average Bonchev–Trinajstić information content (AvgIpc) is 3.10. The van der Waals surface area contributed by atoms with Gasteiger partial charge in [-0.3, -0.25) is 9.59 Å². The predicted molar refractivity (Wildman–Crippen MR) is 107 cm³/mol. The van der Waals surface area contributed by atoms with Gasteiger partial charge in [-0.2, -0.15) is 0 Å². The predicted octanol–water partition coefficient (Wildman–Crippen LogP) is 4.25.